The third-order valence-corrected chi connectivity index (χ3v) is 8.23. The molecular formula is C23H24BrN3O5S2. The van der Waals surface area contributed by atoms with E-state index >= 15 is 0 Å². The number of carbonyl (C=O) groups is 1. The number of hydrogen-bond donors (Lipinski definition) is 3. The Balaban J connectivity index is 1.74. The van der Waals surface area contributed by atoms with E-state index in [0.717, 1.165) is 10.2 Å². The predicted octanol–water partition coefficient (Wildman–Crippen LogP) is 4.50. The summed E-state index contributed by atoms with van der Waals surface area (Å²) in [5.41, 5.74) is 2.35. The molecule has 0 fully saturated rings. The molecule has 0 aliphatic heterocycles. The van der Waals surface area contributed by atoms with E-state index in [2.05, 4.69) is 25.6 Å². The summed E-state index contributed by atoms with van der Waals surface area (Å²) in [5.74, 6) is 0.644. The maximum Gasteiger partial charge on any atom is 0.262 e. The number of rotatable bonds is 10. The highest BCUT2D eigenvalue weighted by Gasteiger charge is 2.39. The van der Waals surface area contributed by atoms with Crippen molar-refractivity contribution in [1.29, 1.82) is 0 Å². The van der Waals surface area contributed by atoms with Crippen LogP contribution in [0.5, 0.6) is 11.5 Å². The molecule has 0 aliphatic carbocycles. The van der Waals surface area contributed by atoms with Crippen LogP contribution in [-0.2, 0) is 20.6 Å². The van der Waals surface area contributed by atoms with E-state index in [1.807, 2.05) is 24.3 Å². The molecule has 3 aromatic rings. The lowest BCUT2D eigenvalue weighted by molar-refractivity contribution is -0.131. The number of hydrogen-bond acceptors (Lipinski definition) is 7. The van der Waals surface area contributed by atoms with Crippen LogP contribution in [0.4, 0.5) is 0 Å². The van der Waals surface area contributed by atoms with Crippen molar-refractivity contribution >= 4 is 43.6 Å². The minimum atomic E-state index is -4.09. The Morgan fingerprint density at radius 2 is 1.71 bits per heavy atom. The molecule has 1 atom stereocenters. The number of halogens is 1. The fourth-order valence-electron chi connectivity index (χ4n) is 2.95. The van der Waals surface area contributed by atoms with Crippen LogP contribution in [0.25, 0.3) is 0 Å². The zero-order valence-electron chi connectivity index (χ0n) is 18.4. The van der Waals surface area contributed by atoms with Crippen molar-refractivity contribution in [3.8, 4) is 11.5 Å². The van der Waals surface area contributed by atoms with E-state index in [9.17, 15) is 18.4 Å². The van der Waals surface area contributed by atoms with E-state index < -0.39 is 26.7 Å². The first-order valence-corrected chi connectivity index (χ1v) is 13.4. The number of sulfonamides is 1. The lowest BCUT2D eigenvalue weighted by Gasteiger charge is -2.32. The molecule has 1 heterocycles. The Morgan fingerprint density at radius 1 is 1.09 bits per heavy atom. The fraction of sp³-hybridized carbons (Fsp3) is 0.217. The molecule has 0 radical (unpaired) electrons. The van der Waals surface area contributed by atoms with Gasteiger partial charge in [0.25, 0.3) is 5.91 Å². The molecular weight excluding hydrogens is 542 g/mol. The maximum atomic E-state index is 13.1. The summed E-state index contributed by atoms with van der Waals surface area (Å²) in [6, 6.07) is 17.3. The molecule has 0 saturated heterocycles. The van der Waals surface area contributed by atoms with E-state index in [1.54, 1.807) is 43.7 Å². The highest BCUT2D eigenvalue weighted by Crippen LogP contribution is 2.32. The van der Waals surface area contributed by atoms with Gasteiger partial charge in [-0.1, -0.05) is 22.0 Å². The highest BCUT2D eigenvalue weighted by molar-refractivity contribution is 9.10. The number of aromatic nitrogens is 1. The summed E-state index contributed by atoms with van der Waals surface area (Å²) >= 11 is 4.69. The Kier molecular flexibility index (Phi) is 8.72. The Labute approximate surface area is 211 Å². The van der Waals surface area contributed by atoms with Crippen molar-refractivity contribution in [2.24, 2.45) is 0 Å². The minimum Gasteiger partial charge on any atom is -0.457 e. The number of ether oxygens (including phenoxy) is 1. The molecule has 2 aromatic carbocycles. The van der Waals surface area contributed by atoms with Crippen molar-refractivity contribution in [3.05, 3.63) is 83.1 Å². The summed E-state index contributed by atoms with van der Waals surface area (Å²) in [5, 5.41) is 9.24. The Bertz CT molecular complexity index is 1210. The van der Waals surface area contributed by atoms with Crippen molar-refractivity contribution in [3.63, 3.8) is 0 Å². The van der Waals surface area contributed by atoms with Crippen molar-refractivity contribution in [1.82, 2.24) is 15.2 Å². The molecule has 0 aliphatic rings. The van der Waals surface area contributed by atoms with Crippen LogP contribution in [-0.4, -0.2) is 35.3 Å². The maximum absolute atomic E-state index is 13.1. The molecule has 0 bridgehead atoms. The van der Waals surface area contributed by atoms with Gasteiger partial charge in [0, 0.05) is 21.2 Å². The van der Waals surface area contributed by atoms with E-state index in [0.29, 0.717) is 17.3 Å². The Hall–Kier alpha value is -2.44. The van der Waals surface area contributed by atoms with E-state index in [1.165, 1.54) is 36.0 Å². The molecule has 0 unspecified atom stereocenters. The van der Waals surface area contributed by atoms with Gasteiger partial charge in [-0.15, -0.1) is 11.8 Å². The van der Waals surface area contributed by atoms with Gasteiger partial charge < -0.3 is 4.74 Å². The summed E-state index contributed by atoms with van der Waals surface area (Å²) in [7, 11) is -4.09. The predicted molar refractivity (Wildman–Crippen MR) is 134 cm³/mol. The largest absolute Gasteiger partial charge is 0.457 e. The molecule has 0 saturated carbocycles. The number of amides is 1. The zero-order valence-corrected chi connectivity index (χ0v) is 21.7. The van der Waals surface area contributed by atoms with Crippen LogP contribution >= 0.6 is 27.7 Å². The lowest BCUT2D eigenvalue weighted by atomic mass is 10.0. The van der Waals surface area contributed by atoms with Gasteiger partial charge in [-0.25, -0.2) is 13.9 Å². The van der Waals surface area contributed by atoms with Crippen LogP contribution in [0.1, 0.15) is 19.5 Å². The molecule has 180 valence electrons. The molecule has 0 spiro atoms. The number of thioether (sulfide) groups is 1. The first-order valence-electron chi connectivity index (χ1n) is 10.1. The average molecular weight is 566 g/mol. The monoisotopic (exact) mass is 565 g/mol. The quantitative estimate of drug-likeness (QED) is 0.244. The molecule has 3 N–H and O–H groups in total. The van der Waals surface area contributed by atoms with Crippen LogP contribution < -0.4 is 14.9 Å². The van der Waals surface area contributed by atoms with Crippen LogP contribution in [0.2, 0.25) is 0 Å². The minimum absolute atomic E-state index is 0.0445. The molecule has 1 amide bonds. The summed E-state index contributed by atoms with van der Waals surface area (Å²) in [4.78, 5) is 16.6. The molecule has 11 heteroatoms. The molecule has 34 heavy (non-hydrogen) atoms. The lowest BCUT2D eigenvalue weighted by Crippen LogP contribution is -2.55. The number of hydroxylamine groups is 1. The van der Waals surface area contributed by atoms with Crippen molar-refractivity contribution in [2.75, 3.05) is 0 Å². The van der Waals surface area contributed by atoms with E-state index in [-0.39, 0.29) is 4.90 Å². The standard InChI is InChI=1S/C23H24BrN3O5S2/c1-23(2,33-15-17-5-3-4-14-25-17)21(22(28)26-29)27-34(30,31)20-12-10-19(11-13-20)32-18-8-6-16(24)7-9-18/h3-14,21,27,29H,15H2,1-2H3,(H,26,28)/t21-/m0/s1. The highest BCUT2D eigenvalue weighted by atomic mass is 79.9. The second-order valence-electron chi connectivity index (χ2n) is 7.77. The zero-order chi connectivity index (χ0) is 24.8. The van der Waals surface area contributed by atoms with E-state index in [4.69, 9.17) is 4.74 Å². The van der Waals surface area contributed by atoms with Crippen molar-refractivity contribution in [2.45, 2.75) is 35.3 Å². The van der Waals surface area contributed by atoms with Gasteiger partial charge >= 0.3 is 0 Å². The third-order valence-electron chi connectivity index (χ3n) is 4.84. The first kappa shape index (κ1) is 26.2. The smallest absolute Gasteiger partial charge is 0.262 e. The molecule has 3 rings (SSSR count). The Morgan fingerprint density at radius 3 is 2.26 bits per heavy atom. The second kappa shape index (κ2) is 11.3. The molecule has 8 nitrogen and oxygen atoms in total. The first-order chi connectivity index (χ1) is 16.1. The second-order valence-corrected chi connectivity index (χ2v) is 12.0. The number of nitrogens with zero attached hydrogens (tertiary/aromatic N) is 1. The summed E-state index contributed by atoms with van der Waals surface area (Å²) in [6.07, 6.45) is 1.66. The van der Waals surface area contributed by atoms with Crippen LogP contribution in [0, 0.1) is 0 Å². The number of benzene rings is 2. The summed E-state index contributed by atoms with van der Waals surface area (Å²) in [6.45, 7) is 3.44. The topological polar surface area (TPSA) is 118 Å². The number of nitrogens with one attached hydrogen (secondary N) is 2. The van der Waals surface area contributed by atoms with Crippen molar-refractivity contribution < 1.29 is 23.2 Å². The normalized spacial score (nSPS) is 12.7. The van der Waals surface area contributed by atoms with Crippen LogP contribution in [0.3, 0.4) is 0 Å². The van der Waals surface area contributed by atoms with Gasteiger partial charge in [0.2, 0.25) is 10.0 Å². The fourth-order valence-corrected chi connectivity index (χ4v) is 5.66. The number of carbonyl (C=O) groups excluding carboxylic acids is 1. The summed E-state index contributed by atoms with van der Waals surface area (Å²) < 4.78 is 34.2. The number of pyridine rings is 1. The van der Waals surface area contributed by atoms with Gasteiger partial charge in [-0.05, 0) is 74.5 Å². The van der Waals surface area contributed by atoms with Crippen LogP contribution in [0.15, 0.2) is 82.3 Å². The average Bonchev–Trinajstić information content (AvgIpc) is 2.83. The molecule has 1 aromatic heterocycles. The van der Waals surface area contributed by atoms with Gasteiger partial charge in [0.1, 0.15) is 17.5 Å². The van der Waals surface area contributed by atoms with Gasteiger partial charge in [-0.3, -0.25) is 15.0 Å². The van der Waals surface area contributed by atoms with Gasteiger partial charge in [0.15, 0.2) is 0 Å². The van der Waals surface area contributed by atoms with Gasteiger partial charge in [-0.2, -0.15) is 4.72 Å². The SMILES string of the molecule is CC(C)(SCc1ccccn1)[C@@H](NS(=O)(=O)c1ccc(Oc2ccc(Br)cc2)cc1)C(=O)NO. The van der Waals surface area contributed by atoms with Gasteiger partial charge in [0.05, 0.1) is 10.6 Å². The third kappa shape index (κ3) is 7.03.